The van der Waals surface area contributed by atoms with E-state index in [9.17, 15) is 17.6 Å². The van der Waals surface area contributed by atoms with Crippen LogP contribution in [0.1, 0.15) is 44.0 Å². The number of aromatic nitrogens is 3. The van der Waals surface area contributed by atoms with Crippen molar-refractivity contribution in [1.82, 2.24) is 24.3 Å². The molecule has 228 valence electrons. The molecule has 0 atom stereocenters. The van der Waals surface area contributed by atoms with Crippen LogP contribution in [0.5, 0.6) is 0 Å². The van der Waals surface area contributed by atoms with Gasteiger partial charge in [0.1, 0.15) is 17.3 Å². The Balaban J connectivity index is 1.36. The third kappa shape index (κ3) is 6.32. The number of benzene rings is 2. The second-order valence-electron chi connectivity index (χ2n) is 11.8. The Hall–Kier alpha value is -4.10. The maximum absolute atomic E-state index is 15.1. The minimum Gasteiger partial charge on any atom is -0.338 e. The molecule has 1 fully saturated rings. The standard InChI is InChI=1S/C30H35F2N7O3S/c1-30(2,3)43(41,42)36-26-17-22(7-9-24(26)31)39-15-10-19-18-33-29(35-27(19)39)34-20-6-8-23(25(32)16-20)28(40)38-13-11-21(12-14-38)37(4)5/h6-10,15-18,21,36H,11-14H2,1-5H3,(H,33,34,35). The average molecular weight is 612 g/mol. The molecule has 2 aromatic heterocycles. The molecule has 3 heterocycles. The molecule has 1 aliphatic rings. The lowest BCUT2D eigenvalue weighted by molar-refractivity contribution is 0.0658. The van der Waals surface area contributed by atoms with Crippen LogP contribution in [0.25, 0.3) is 16.7 Å². The van der Waals surface area contributed by atoms with Crippen molar-refractivity contribution in [1.29, 1.82) is 0 Å². The number of nitrogens with zero attached hydrogens (tertiary/aromatic N) is 5. The smallest absolute Gasteiger partial charge is 0.256 e. The van der Waals surface area contributed by atoms with Crippen molar-refractivity contribution in [3.8, 4) is 5.69 Å². The lowest BCUT2D eigenvalue weighted by atomic mass is 10.0. The number of sulfonamides is 1. The molecule has 4 aromatic rings. The number of rotatable bonds is 7. The number of carbonyl (C=O) groups is 1. The van der Waals surface area contributed by atoms with Gasteiger partial charge in [0.2, 0.25) is 16.0 Å². The average Bonchev–Trinajstić information content (AvgIpc) is 3.36. The van der Waals surface area contributed by atoms with Gasteiger partial charge in [0.05, 0.1) is 16.0 Å². The van der Waals surface area contributed by atoms with Gasteiger partial charge >= 0.3 is 0 Å². The van der Waals surface area contributed by atoms with E-state index in [2.05, 4.69) is 24.9 Å². The maximum atomic E-state index is 15.1. The highest BCUT2D eigenvalue weighted by Gasteiger charge is 2.30. The summed E-state index contributed by atoms with van der Waals surface area (Å²) in [4.78, 5) is 25.7. The highest BCUT2D eigenvalue weighted by Crippen LogP contribution is 2.27. The van der Waals surface area contributed by atoms with Crippen molar-refractivity contribution in [3.05, 3.63) is 72.1 Å². The zero-order chi connectivity index (χ0) is 31.1. The summed E-state index contributed by atoms with van der Waals surface area (Å²) in [7, 11) is 0.182. The minimum atomic E-state index is -3.86. The number of piperidine rings is 1. The van der Waals surface area contributed by atoms with Gasteiger partial charge in [-0.1, -0.05) is 0 Å². The van der Waals surface area contributed by atoms with Crippen molar-refractivity contribution in [2.45, 2.75) is 44.4 Å². The van der Waals surface area contributed by atoms with Gasteiger partial charge in [0, 0.05) is 48.3 Å². The van der Waals surface area contributed by atoms with Gasteiger partial charge in [-0.3, -0.25) is 9.52 Å². The molecular weight excluding hydrogens is 576 g/mol. The van der Waals surface area contributed by atoms with E-state index >= 15 is 4.39 Å². The van der Waals surface area contributed by atoms with Gasteiger partial charge in [0.25, 0.3) is 5.91 Å². The maximum Gasteiger partial charge on any atom is 0.256 e. The molecular formula is C30H35F2N7O3S. The first-order chi connectivity index (χ1) is 20.2. The Morgan fingerprint density at radius 2 is 1.74 bits per heavy atom. The van der Waals surface area contributed by atoms with Crippen LogP contribution < -0.4 is 10.0 Å². The monoisotopic (exact) mass is 611 g/mol. The van der Waals surface area contributed by atoms with E-state index in [1.54, 1.807) is 34.0 Å². The summed E-state index contributed by atoms with van der Waals surface area (Å²) in [5, 5.41) is 3.66. The highest BCUT2D eigenvalue weighted by molar-refractivity contribution is 7.94. The van der Waals surface area contributed by atoms with Gasteiger partial charge in [0.15, 0.2) is 0 Å². The molecule has 0 saturated carbocycles. The third-order valence-corrected chi connectivity index (χ3v) is 9.74. The van der Waals surface area contributed by atoms with E-state index in [0.29, 0.717) is 41.5 Å². The Kier molecular flexibility index (Phi) is 8.14. The molecule has 1 saturated heterocycles. The van der Waals surface area contributed by atoms with Crippen LogP contribution in [0.15, 0.2) is 54.9 Å². The number of nitrogens with one attached hydrogen (secondary N) is 2. The predicted molar refractivity (Wildman–Crippen MR) is 163 cm³/mol. The number of fused-ring (bicyclic) bond motifs is 1. The van der Waals surface area contributed by atoms with Gasteiger partial charge in [-0.25, -0.2) is 22.2 Å². The second kappa shape index (κ2) is 11.5. The van der Waals surface area contributed by atoms with E-state index in [4.69, 9.17) is 0 Å². The normalized spacial score (nSPS) is 14.8. The zero-order valence-corrected chi connectivity index (χ0v) is 25.5. The minimum absolute atomic E-state index is 0.00768. The van der Waals surface area contributed by atoms with E-state index in [0.717, 1.165) is 12.8 Å². The molecule has 0 unspecified atom stereocenters. The fourth-order valence-corrected chi connectivity index (χ4v) is 5.63. The molecule has 43 heavy (non-hydrogen) atoms. The number of hydrogen-bond acceptors (Lipinski definition) is 7. The summed E-state index contributed by atoms with van der Waals surface area (Å²) in [5.74, 6) is -1.52. The molecule has 2 N–H and O–H groups in total. The van der Waals surface area contributed by atoms with Crippen molar-refractivity contribution < 1.29 is 22.0 Å². The lowest BCUT2D eigenvalue weighted by Gasteiger charge is -2.35. The summed E-state index contributed by atoms with van der Waals surface area (Å²) in [6.07, 6.45) is 4.97. The number of halogens is 2. The van der Waals surface area contributed by atoms with Gasteiger partial charge in [-0.15, -0.1) is 0 Å². The molecule has 0 radical (unpaired) electrons. The van der Waals surface area contributed by atoms with Crippen molar-refractivity contribution in [2.24, 2.45) is 0 Å². The van der Waals surface area contributed by atoms with Crippen molar-refractivity contribution in [2.75, 3.05) is 37.2 Å². The van der Waals surface area contributed by atoms with E-state index < -0.39 is 26.4 Å². The Morgan fingerprint density at radius 1 is 1.02 bits per heavy atom. The first-order valence-corrected chi connectivity index (χ1v) is 15.4. The van der Waals surface area contributed by atoms with E-state index in [-0.39, 0.29) is 23.1 Å². The molecule has 0 spiro atoms. The SMILES string of the molecule is CN(C)C1CCN(C(=O)c2ccc(Nc3ncc4ccn(-c5ccc(F)c(NS(=O)(=O)C(C)(C)C)c5)c4n3)cc2F)CC1. The number of carbonyl (C=O) groups excluding carboxylic acids is 1. The molecule has 1 aliphatic heterocycles. The fraction of sp³-hybridized carbons (Fsp3) is 0.367. The molecule has 2 aromatic carbocycles. The summed E-state index contributed by atoms with van der Waals surface area (Å²) in [6, 6.07) is 10.5. The number of anilines is 3. The summed E-state index contributed by atoms with van der Waals surface area (Å²) in [5.41, 5.74) is 1.11. The van der Waals surface area contributed by atoms with Gasteiger partial charge in [-0.05, 0) is 90.2 Å². The summed E-state index contributed by atoms with van der Waals surface area (Å²) in [6.45, 7) is 5.72. The van der Waals surface area contributed by atoms with Gasteiger partial charge in [-0.2, -0.15) is 4.98 Å². The first-order valence-electron chi connectivity index (χ1n) is 13.9. The van der Waals surface area contributed by atoms with E-state index in [1.807, 2.05) is 14.1 Å². The molecule has 0 aliphatic carbocycles. The molecule has 5 rings (SSSR count). The third-order valence-electron chi connectivity index (χ3n) is 7.64. The lowest BCUT2D eigenvalue weighted by Crippen LogP contribution is -2.44. The predicted octanol–water partition coefficient (Wildman–Crippen LogP) is 5.15. The zero-order valence-electron chi connectivity index (χ0n) is 24.7. The van der Waals surface area contributed by atoms with Crippen LogP contribution in [-0.2, 0) is 10.0 Å². The number of amides is 1. The Bertz CT molecular complexity index is 1780. The Labute approximate surface area is 249 Å². The fourth-order valence-electron chi connectivity index (χ4n) is 4.88. The molecule has 10 nitrogen and oxygen atoms in total. The van der Waals surface area contributed by atoms with Crippen LogP contribution in [0.2, 0.25) is 0 Å². The highest BCUT2D eigenvalue weighted by atomic mass is 32.2. The van der Waals surface area contributed by atoms with Crippen LogP contribution in [0.3, 0.4) is 0 Å². The van der Waals surface area contributed by atoms with Gasteiger partial charge < -0.3 is 19.7 Å². The van der Waals surface area contributed by atoms with Crippen LogP contribution in [-0.4, -0.2) is 76.6 Å². The van der Waals surface area contributed by atoms with E-state index in [1.165, 1.54) is 51.1 Å². The van der Waals surface area contributed by atoms with Crippen molar-refractivity contribution >= 4 is 44.3 Å². The summed E-state index contributed by atoms with van der Waals surface area (Å²) < 4.78 is 57.8. The van der Waals surface area contributed by atoms with Crippen molar-refractivity contribution in [3.63, 3.8) is 0 Å². The Morgan fingerprint density at radius 3 is 2.40 bits per heavy atom. The molecule has 0 bridgehead atoms. The number of likely N-dealkylation sites (tertiary alicyclic amines) is 1. The number of hydrogen-bond donors (Lipinski definition) is 2. The molecule has 1 amide bonds. The largest absolute Gasteiger partial charge is 0.338 e. The van der Waals surface area contributed by atoms with Crippen LogP contribution in [0, 0.1) is 11.6 Å². The topological polar surface area (TPSA) is 112 Å². The second-order valence-corrected chi connectivity index (χ2v) is 14.3. The first kappa shape index (κ1) is 30.4. The van der Waals surface area contributed by atoms with Crippen LogP contribution >= 0.6 is 0 Å². The van der Waals surface area contributed by atoms with Crippen LogP contribution in [0.4, 0.5) is 26.1 Å². The quantitative estimate of drug-likeness (QED) is 0.297. The summed E-state index contributed by atoms with van der Waals surface area (Å²) >= 11 is 0. The molecule has 13 heteroatoms.